The molecule has 2 aliphatic heterocycles. The zero-order valence-electron chi connectivity index (χ0n) is 23.8. The van der Waals surface area contributed by atoms with Crippen molar-refractivity contribution in [1.29, 1.82) is 0 Å². The van der Waals surface area contributed by atoms with Gasteiger partial charge in [0.15, 0.2) is 0 Å². The predicted molar refractivity (Wildman–Crippen MR) is 156 cm³/mol. The summed E-state index contributed by atoms with van der Waals surface area (Å²) in [5.74, 6) is 5.03. The molecule has 1 amide bonds. The van der Waals surface area contributed by atoms with Crippen molar-refractivity contribution in [3.8, 4) is 34.1 Å². The topological polar surface area (TPSA) is 51.2 Å². The Hall–Kier alpha value is -2.66. The third-order valence-corrected chi connectivity index (χ3v) is 7.80. The smallest absolute Gasteiger partial charge is 0.410 e. The number of piperazine rings is 1. The van der Waals surface area contributed by atoms with E-state index in [0.29, 0.717) is 31.3 Å². The molecule has 1 fully saturated rings. The zero-order valence-corrected chi connectivity index (χ0v) is 25.6. The lowest BCUT2D eigenvalue weighted by atomic mass is 9.92. The molecule has 2 aromatic carbocycles. The molecule has 0 radical (unpaired) electrons. The molecule has 0 unspecified atom stereocenters. The van der Waals surface area contributed by atoms with Gasteiger partial charge in [0, 0.05) is 42.9 Å². The van der Waals surface area contributed by atoms with Gasteiger partial charge >= 0.3 is 6.09 Å². The number of ether oxygens (including phenoxy) is 3. The average Bonchev–Trinajstić information content (AvgIpc) is 2.99. The first-order chi connectivity index (χ1) is 17.8. The minimum absolute atomic E-state index is 0.0386. The second-order valence-electron chi connectivity index (χ2n) is 12.1. The van der Waals surface area contributed by atoms with Crippen LogP contribution in [0.5, 0.6) is 11.5 Å². The van der Waals surface area contributed by atoms with Gasteiger partial charge in [-0.3, -0.25) is 4.90 Å². The van der Waals surface area contributed by atoms with Gasteiger partial charge in [0.1, 0.15) is 31.8 Å². The van der Waals surface area contributed by atoms with Crippen LogP contribution < -0.4 is 9.47 Å². The zero-order chi connectivity index (χ0) is 27.8. The molecule has 38 heavy (non-hydrogen) atoms. The summed E-state index contributed by atoms with van der Waals surface area (Å²) < 4.78 is 18.0. The van der Waals surface area contributed by atoms with Crippen LogP contribution in [0.1, 0.15) is 37.5 Å². The number of methoxy groups -OCH3 is 1. The minimum atomic E-state index is -1.71. The molecule has 4 rings (SSSR count). The van der Waals surface area contributed by atoms with Gasteiger partial charge in [0.05, 0.1) is 23.7 Å². The number of hydrogen-bond acceptors (Lipinski definition) is 5. The molecule has 0 spiro atoms. The standard InChI is InChI=1S/C30H39ClN2O4Si/c1-20-10-9-11-25(35-5)26(20)27-23(12-15-38(6,7)8)28-21(16-24(27)31)17-32-13-14-33(18-22(32)19-36-28)29(34)37-30(2,3)4/h9-11,16,22H,13-14,17-19H2,1-8H3/t22-/m1/s1. The number of rotatable bonds is 2. The average molecular weight is 555 g/mol. The van der Waals surface area contributed by atoms with Crippen LogP contribution in [0.4, 0.5) is 4.79 Å². The van der Waals surface area contributed by atoms with Crippen molar-refractivity contribution in [3.63, 3.8) is 0 Å². The number of benzene rings is 2. The molecule has 0 saturated carbocycles. The third kappa shape index (κ3) is 6.31. The molecule has 6 nitrogen and oxygen atoms in total. The molecular formula is C30H39ClN2O4Si. The first-order valence-corrected chi connectivity index (χ1v) is 17.0. The van der Waals surface area contributed by atoms with E-state index in [2.05, 4.69) is 49.0 Å². The summed E-state index contributed by atoms with van der Waals surface area (Å²) in [6.45, 7) is 17.4. The highest BCUT2D eigenvalue weighted by atomic mass is 35.5. The van der Waals surface area contributed by atoms with E-state index in [1.165, 1.54) is 0 Å². The van der Waals surface area contributed by atoms with Crippen LogP contribution in [0.25, 0.3) is 11.1 Å². The fourth-order valence-electron chi connectivity index (χ4n) is 4.86. The van der Waals surface area contributed by atoms with Crippen molar-refractivity contribution >= 4 is 25.8 Å². The Labute approximate surface area is 233 Å². The Bertz CT molecular complexity index is 1290. The Balaban J connectivity index is 1.77. The van der Waals surface area contributed by atoms with Crippen molar-refractivity contribution in [2.45, 2.75) is 65.5 Å². The van der Waals surface area contributed by atoms with Gasteiger partial charge in [-0.25, -0.2) is 4.79 Å². The molecule has 204 valence electrons. The highest BCUT2D eigenvalue weighted by molar-refractivity contribution is 6.83. The summed E-state index contributed by atoms with van der Waals surface area (Å²) in [6.07, 6.45) is -0.280. The lowest BCUT2D eigenvalue weighted by molar-refractivity contribution is -0.00155. The van der Waals surface area contributed by atoms with E-state index in [1.807, 2.05) is 39.0 Å². The van der Waals surface area contributed by atoms with Gasteiger partial charge in [-0.2, -0.15) is 0 Å². The molecule has 0 N–H and O–H groups in total. The van der Waals surface area contributed by atoms with Gasteiger partial charge in [-0.05, 0) is 45.4 Å². The van der Waals surface area contributed by atoms with Crippen molar-refractivity contribution < 1.29 is 19.0 Å². The van der Waals surface area contributed by atoms with Crippen LogP contribution in [-0.4, -0.2) is 69.0 Å². The lowest BCUT2D eigenvalue weighted by Gasteiger charge is -2.40. The molecule has 2 aliphatic rings. The summed E-state index contributed by atoms with van der Waals surface area (Å²) in [7, 11) is -0.0318. The Morgan fingerprint density at radius 2 is 1.92 bits per heavy atom. The summed E-state index contributed by atoms with van der Waals surface area (Å²) in [5, 5.41) is 0.630. The van der Waals surface area contributed by atoms with E-state index in [4.69, 9.17) is 25.8 Å². The van der Waals surface area contributed by atoms with Gasteiger partial charge in [-0.1, -0.05) is 49.3 Å². The number of fused-ring (bicyclic) bond motifs is 2. The Kier molecular flexibility index (Phi) is 8.09. The third-order valence-electron chi connectivity index (χ3n) is 6.63. The van der Waals surface area contributed by atoms with Crippen LogP contribution in [0.3, 0.4) is 0 Å². The monoisotopic (exact) mass is 554 g/mol. The maximum Gasteiger partial charge on any atom is 0.410 e. The Morgan fingerprint density at radius 3 is 2.58 bits per heavy atom. The number of hydrogen-bond donors (Lipinski definition) is 0. The van der Waals surface area contributed by atoms with Crippen molar-refractivity contribution in [1.82, 2.24) is 9.80 Å². The lowest BCUT2D eigenvalue weighted by Crippen LogP contribution is -2.56. The quantitative estimate of drug-likeness (QED) is 0.319. The summed E-state index contributed by atoms with van der Waals surface area (Å²) >= 11 is 7.05. The number of carbonyl (C=O) groups excluding carboxylic acids is 1. The number of halogens is 1. The number of carbonyl (C=O) groups is 1. The van der Waals surface area contributed by atoms with E-state index in [0.717, 1.165) is 45.9 Å². The molecule has 1 atom stereocenters. The molecule has 2 aromatic rings. The van der Waals surface area contributed by atoms with Crippen LogP contribution in [0.15, 0.2) is 24.3 Å². The van der Waals surface area contributed by atoms with Crippen LogP contribution >= 0.6 is 11.6 Å². The molecule has 0 aromatic heterocycles. The number of amides is 1. The van der Waals surface area contributed by atoms with Crippen molar-refractivity contribution in [2.75, 3.05) is 33.4 Å². The second-order valence-corrected chi connectivity index (χ2v) is 17.3. The maximum atomic E-state index is 12.8. The van der Waals surface area contributed by atoms with Crippen molar-refractivity contribution in [2.24, 2.45) is 0 Å². The van der Waals surface area contributed by atoms with Crippen molar-refractivity contribution in [3.05, 3.63) is 46.0 Å². The first-order valence-electron chi connectivity index (χ1n) is 13.1. The fraction of sp³-hybridized carbons (Fsp3) is 0.500. The predicted octanol–water partition coefficient (Wildman–Crippen LogP) is 6.37. The number of aryl methyl sites for hydroxylation is 1. The highest BCUT2D eigenvalue weighted by Crippen LogP contribution is 2.45. The maximum absolute atomic E-state index is 12.8. The van der Waals surface area contributed by atoms with Crippen LogP contribution in [0, 0.1) is 18.4 Å². The molecule has 0 bridgehead atoms. The Morgan fingerprint density at radius 1 is 1.18 bits per heavy atom. The SMILES string of the molecule is COc1cccc(C)c1-c1c(Cl)cc2c(c1C#C[Si](C)(C)C)OC[C@H]1CN(C(=O)OC(C)(C)C)CCN1C2. The summed E-state index contributed by atoms with van der Waals surface area (Å²) in [4.78, 5) is 16.9. The van der Waals surface area contributed by atoms with Gasteiger partial charge in [0.2, 0.25) is 0 Å². The first kappa shape index (κ1) is 28.3. The minimum Gasteiger partial charge on any atom is -0.496 e. The molecule has 8 heteroatoms. The molecule has 2 heterocycles. The normalized spacial score (nSPS) is 17.8. The molecule has 1 saturated heterocycles. The van der Waals surface area contributed by atoms with E-state index in [1.54, 1.807) is 12.0 Å². The van der Waals surface area contributed by atoms with E-state index < -0.39 is 13.7 Å². The number of nitrogens with zero attached hydrogens (tertiary/aromatic N) is 2. The largest absolute Gasteiger partial charge is 0.496 e. The van der Waals surface area contributed by atoms with E-state index in [9.17, 15) is 4.79 Å². The van der Waals surface area contributed by atoms with Crippen LogP contribution in [0.2, 0.25) is 24.7 Å². The van der Waals surface area contributed by atoms with Crippen LogP contribution in [-0.2, 0) is 11.3 Å². The molecular weight excluding hydrogens is 516 g/mol. The fourth-order valence-corrected chi connectivity index (χ4v) is 5.68. The van der Waals surface area contributed by atoms with E-state index >= 15 is 0 Å². The molecule has 0 aliphatic carbocycles. The highest BCUT2D eigenvalue weighted by Gasteiger charge is 2.36. The summed E-state index contributed by atoms with van der Waals surface area (Å²) in [6, 6.07) is 8.04. The van der Waals surface area contributed by atoms with E-state index in [-0.39, 0.29) is 12.1 Å². The van der Waals surface area contributed by atoms with Gasteiger partial charge in [0.25, 0.3) is 0 Å². The second kappa shape index (κ2) is 10.8. The van der Waals surface area contributed by atoms with Gasteiger partial charge in [-0.15, -0.1) is 5.54 Å². The van der Waals surface area contributed by atoms with Gasteiger partial charge < -0.3 is 19.1 Å². The summed E-state index contributed by atoms with van der Waals surface area (Å²) in [5.41, 5.74) is 7.67.